The van der Waals surface area contributed by atoms with Gasteiger partial charge in [-0.3, -0.25) is 0 Å². The van der Waals surface area contributed by atoms with Crippen LogP contribution in [0.3, 0.4) is 0 Å². The summed E-state index contributed by atoms with van der Waals surface area (Å²) in [6.07, 6.45) is 4.04. The lowest BCUT2D eigenvalue weighted by Gasteiger charge is -2.26. The average Bonchev–Trinajstić information content (AvgIpc) is 3.23. The molecule has 0 spiro atoms. The lowest BCUT2D eigenvalue weighted by molar-refractivity contribution is 0.263. The predicted molar refractivity (Wildman–Crippen MR) is 74.1 cm³/mol. The zero-order chi connectivity index (χ0) is 12.4. The number of rotatable bonds is 5. The maximum absolute atomic E-state index is 5.70. The molecule has 1 aliphatic carbocycles. The Kier molecular flexibility index (Phi) is 3.55. The van der Waals surface area contributed by atoms with Crippen molar-refractivity contribution in [1.82, 2.24) is 5.32 Å². The second-order valence-electron chi connectivity index (χ2n) is 5.84. The zero-order valence-electron chi connectivity index (χ0n) is 11.2. The minimum Gasteiger partial charge on any atom is -0.493 e. The molecule has 2 aliphatic rings. The minimum atomic E-state index is 0.626. The van der Waals surface area contributed by atoms with Crippen molar-refractivity contribution < 1.29 is 4.74 Å². The first kappa shape index (κ1) is 12.0. The Morgan fingerprint density at radius 3 is 2.94 bits per heavy atom. The number of nitrogens with one attached hydrogen (secondary N) is 1. The van der Waals surface area contributed by atoms with E-state index in [1.54, 1.807) is 0 Å². The Balaban J connectivity index is 1.53. The van der Waals surface area contributed by atoms with Crippen molar-refractivity contribution >= 4 is 0 Å². The van der Waals surface area contributed by atoms with Gasteiger partial charge in [-0.25, -0.2) is 0 Å². The average molecular weight is 245 g/mol. The summed E-state index contributed by atoms with van der Waals surface area (Å²) in [5.74, 6) is 3.56. The summed E-state index contributed by atoms with van der Waals surface area (Å²) in [6.45, 7) is 5.51. The third-order valence-corrected chi connectivity index (χ3v) is 4.37. The van der Waals surface area contributed by atoms with Crippen molar-refractivity contribution in [2.75, 3.05) is 19.7 Å². The van der Waals surface area contributed by atoms with Crippen molar-refractivity contribution in [2.24, 2.45) is 11.8 Å². The fourth-order valence-electron chi connectivity index (χ4n) is 2.95. The van der Waals surface area contributed by atoms with Crippen molar-refractivity contribution in [3.63, 3.8) is 0 Å². The van der Waals surface area contributed by atoms with Gasteiger partial charge in [0.1, 0.15) is 5.75 Å². The van der Waals surface area contributed by atoms with E-state index in [2.05, 4.69) is 36.5 Å². The quantitative estimate of drug-likeness (QED) is 0.860. The molecule has 0 radical (unpaired) electrons. The summed E-state index contributed by atoms with van der Waals surface area (Å²) in [5.41, 5.74) is 1.38. The monoisotopic (exact) mass is 245 g/mol. The smallest absolute Gasteiger partial charge is 0.122 e. The topological polar surface area (TPSA) is 21.3 Å². The number of benzene rings is 1. The molecule has 1 aliphatic heterocycles. The van der Waals surface area contributed by atoms with E-state index in [1.165, 1.54) is 24.9 Å². The van der Waals surface area contributed by atoms with Gasteiger partial charge >= 0.3 is 0 Å². The first-order valence-electron chi connectivity index (χ1n) is 7.27. The molecule has 0 bridgehead atoms. The normalized spacial score (nSPS) is 24.2. The Bertz CT molecular complexity index is 400. The van der Waals surface area contributed by atoms with Crippen LogP contribution in [0, 0.1) is 11.8 Å². The molecule has 3 rings (SSSR count). The van der Waals surface area contributed by atoms with Gasteiger partial charge in [-0.2, -0.15) is 0 Å². The highest BCUT2D eigenvalue weighted by molar-refractivity contribution is 5.37. The van der Waals surface area contributed by atoms with Gasteiger partial charge in [0, 0.05) is 12.5 Å². The third-order valence-electron chi connectivity index (χ3n) is 4.37. The van der Waals surface area contributed by atoms with Crippen LogP contribution in [-0.4, -0.2) is 19.7 Å². The van der Waals surface area contributed by atoms with Gasteiger partial charge in [-0.15, -0.1) is 0 Å². The van der Waals surface area contributed by atoms with Gasteiger partial charge in [-0.1, -0.05) is 25.1 Å². The van der Waals surface area contributed by atoms with Gasteiger partial charge in [0.15, 0.2) is 0 Å². The van der Waals surface area contributed by atoms with Gasteiger partial charge in [0.25, 0.3) is 0 Å². The molecule has 1 aromatic carbocycles. The molecule has 18 heavy (non-hydrogen) atoms. The lowest BCUT2D eigenvalue weighted by atomic mass is 9.93. The van der Waals surface area contributed by atoms with Crippen LogP contribution in [0.1, 0.15) is 37.7 Å². The number of fused-ring (bicyclic) bond motifs is 1. The number of ether oxygens (including phenoxy) is 1. The van der Waals surface area contributed by atoms with E-state index >= 15 is 0 Å². The maximum Gasteiger partial charge on any atom is 0.122 e. The maximum atomic E-state index is 5.70. The molecule has 0 saturated heterocycles. The van der Waals surface area contributed by atoms with E-state index in [1.807, 2.05) is 0 Å². The molecule has 0 amide bonds. The molecule has 2 atom stereocenters. The van der Waals surface area contributed by atoms with Crippen molar-refractivity contribution in [2.45, 2.75) is 32.1 Å². The Labute approximate surface area is 110 Å². The Morgan fingerprint density at radius 2 is 2.11 bits per heavy atom. The Morgan fingerprint density at radius 1 is 1.28 bits per heavy atom. The van der Waals surface area contributed by atoms with Crippen LogP contribution in [-0.2, 0) is 0 Å². The Hall–Kier alpha value is -1.02. The standard InChI is InChI=1S/C16H23NO/c1-12(13-6-7-13)10-17-11-14-8-9-18-16-5-3-2-4-15(14)16/h2-5,12-14,17H,6-11H2,1H3. The van der Waals surface area contributed by atoms with Crippen LogP contribution in [0.5, 0.6) is 5.75 Å². The van der Waals surface area contributed by atoms with E-state index in [0.717, 1.165) is 37.2 Å². The lowest BCUT2D eigenvalue weighted by Crippen LogP contribution is -2.29. The van der Waals surface area contributed by atoms with Crippen LogP contribution in [0.4, 0.5) is 0 Å². The van der Waals surface area contributed by atoms with Gasteiger partial charge in [0.2, 0.25) is 0 Å². The van der Waals surface area contributed by atoms with Crippen LogP contribution in [0.25, 0.3) is 0 Å². The van der Waals surface area contributed by atoms with E-state index in [9.17, 15) is 0 Å². The molecular weight excluding hydrogens is 222 g/mol. The molecule has 2 nitrogen and oxygen atoms in total. The number of hydrogen-bond donors (Lipinski definition) is 1. The SMILES string of the molecule is CC(CNCC1CCOc2ccccc21)C1CC1. The minimum absolute atomic E-state index is 0.626. The molecule has 1 fully saturated rings. The van der Waals surface area contributed by atoms with Gasteiger partial charge in [0.05, 0.1) is 6.61 Å². The van der Waals surface area contributed by atoms with Gasteiger partial charge in [-0.05, 0) is 49.3 Å². The molecule has 1 heterocycles. The molecule has 2 unspecified atom stereocenters. The van der Waals surface area contributed by atoms with Crippen molar-refractivity contribution in [1.29, 1.82) is 0 Å². The molecule has 2 heteroatoms. The summed E-state index contributed by atoms with van der Waals surface area (Å²) < 4.78 is 5.70. The molecule has 1 aromatic rings. The predicted octanol–water partition coefficient (Wildman–Crippen LogP) is 3.19. The highest BCUT2D eigenvalue weighted by atomic mass is 16.5. The summed E-state index contributed by atoms with van der Waals surface area (Å²) in [7, 11) is 0. The largest absolute Gasteiger partial charge is 0.493 e. The second-order valence-corrected chi connectivity index (χ2v) is 5.84. The van der Waals surface area contributed by atoms with Crippen LogP contribution < -0.4 is 10.1 Å². The summed E-state index contributed by atoms with van der Waals surface area (Å²) in [6, 6.07) is 8.48. The van der Waals surface area contributed by atoms with Crippen molar-refractivity contribution in [3.05, 3.63) is 29.8 Å². The summed E-state index contributed by atoms with van der Waals surface area (Å²) >= 11 is 0. The number of para-hydroxylation sites is 1. The van der Waals surface area contributed by atoms with Crippen LogP contribution in [0.2, 0.25) is 0 Å². The molecule has 1 N–H and O–H groups in total. The van der Waals surface area contributed by atoms with Gasteiger partial charge < -0.3 is 10.1 Å². The molecular formula is C16H23NO. The molecule has 1 saturated carbocycles. The molecule has 98 valence electrons. The van der Waals surface area contributed by atoms with Crippen LogP contribution >= 0.6 is 0 Å². The number of hydrogen-bond acceptors (Lipinski definition) is 2. The second kappa shape index (κ2) is 5.31. The van der Waals surface area contributed by atoms with E-state index in [4.69, 9.17) is 4.74 Å². The van der Waals surface area contributed by atoms with Crippen molar-refractivity contribution in [3.8, 4) is 5.75 Å². The third kappa shape index (κ3) is 2.69. The summed E-state index contributed by atoms with van der Waals surface area (Å²) in [5, 5.41) is 3.66. The first-order chi connectivity index (χ1) is 8.84. The fourth-order valence-corrected chi connectivity index (χ4v) is 2.95. The van der Waals surface area contributed by atoms with E-state index in [-0.39, 0.29) is 0 Å². The highest BCUT2D eigenvalue weighted by Gasteiger charge is 2.28. The van der Waals surface area contributed by atoms with E-state index < -0.39 is 0 Å². The van der Waals surface area contributed by atoms with Crippen LogP contribution in [0.15, 0.2) is 24.3 Å². The van der Waals surface area contributed by atoms with E-state index in [0.29, 0.717) is 5.92 Å². The first-order valence-corrected chi connectivity index (χ1v) is 7.27. The zero-order valence-corrected chi connectivity index (χ0v) is 11.2. The summed E-state index contributed by atoms with van der Waals surface area (Å²) in [4.78, 5) is 0. The highest BCUT2D eigenvalue weighted by Crippen LogP contribution is 2.36. The molecule has 0 aromatic heterocycles. The fraction of sp³-hybridized carbons (Fsp3) is 0.625.